The maximum atomic E-state index is 12.6. The monoisotopic (exact) mass is 289 g/mol. The number of carbonyl (C=O) groups is 1. The number of likely N-dealkylation sites (N-methyl/N-ethyl adjacent to an activating group) is 1. The highest BCUT2D eigenvalue weighted by molar-refractivity contribution is 5.79. The second-order valence-corrected chi connectivity index (χ2v) is 6.34. The number of aliphatic hydroxyl groups is 1. The first kappa shape index (κ1) is 14.5. The van der Waals surface area contributed by atoms with Crippen LogP contribution in [0.4, 0.5) is 0 Å². The lowest BCUT2D eigenvalue weighted by Crippen LogP contribution is -2.50. The molecule has 2 saturated heterocycles. The summed E-state index contributed by atoms with van der Waals surface area (Å²) in [5, 5.41) is 9.81. The highest BCUT2D eigenvalue weighted by atomic mass is 16.3. The highest BCUT2D eigenvalue weighted by Gasteiger charge is 2.42. The fourth-order valence-corrected chi connectivity index (χ4v) is 3.73. The van der Waals surface area contributed by atoms with Crippen LogP contribution >= 0.6 is 0 Å². The molecule has 0 aromatic carbocycles. The zero-order chi connectivity index (χ0) is 14.8. The van der Waals surface area contributed by atoms with E-state index in [0.717, 1.165) is 37.8 Å². The van der Waals surface area contributed by atoms with Crippen molar-refractivity contribution in [3.8, 4) is 0 Å². The van der Waals surface area contributed by atoms with E-state index in [4.69, 9.17) is 0 Å². The molecule has 3 rings (SSSR count). The van der Waals surface area contributed by atoms with E-state index in [2.05, 4.69) is 4.98 Å². The van der Waals surface area contributed by atoms with Crippen LogP contribution in [0.3, 0.4) is 0 Å². The summed E-state index contributed by atoms with van der Waals surface area (Å²) in [5.41, 5.74) is 1.12. The Morgan fingerprint density at radius 3 is 2.76 bits per heavy atom. The van der Waals surface area contributed by atoms with Crippen molar-refractivity contribution in [2.24, 2.45) is 0 Å². The van der Waals surface area contributed by atoms with Crippen LogP contribution in [0, 0.1) is 0 Å². The minimum Gasteiger partial charge on any atom is -0.393 e. The van der Waals surface area contributed by atoms with Gasteiger partial charge in [0.25, 0.3) is 0 Å². The molecule has 0 spiro atoms. The molecule has 0 saturated carbocycles. The molecule has 1 N–H and O–H groups in total. The van der Waals surface area contributed by atoms with Crippen LogP contribution in [0.2, 0.25) is 0 Å². The Bertz CT molecular complexity index is 480. The molecule has 5 nitrogen and oxygen atoms in total. The van der Waals surface area contributed by atoms with Crippen molar-refractivity contribution in [2.45, 2.75) is 50.4 Å². The summed E-state index contributed by atoms with van der Waals surface area (Å²) in [4.78, 5) is 20.7. The molecule has 3 atom stereocenters. The zero-order valence-corrected chi connectivity index (χ0v) is 12.5. The Hall–Kier alpha value is -1.46. The van der Waals surface area contributed by atoms with Gasteiger partial charge < -0.3 is 10.0 Å². The van der Waals surface area contributed by atoms with Gasteiger partial charge in [-0.1, -0.05) is 6.07 Å². The van der Waals surface area contributed by atoms with E-state index in [9.17, 15) is 9.90 Å². The van der Waals surface area contributed by atoms with Crippen LogP contribution in [0.1, 0.15) is 31.2 Å². The first-order valence-corrected chi connectivity index (χ1v) is 7.70. The van der Waals surface area contributed by atoms with Gasteiger partial charge >= 0.3 is 0 Å². The van der Waals surface area contributed by atoms with Crippen molar-refractivity contribution in [3.05, 3.63) is 30.1 Å². The zero-order valence-electron chi connectivity index (χ0n) is 12.5. The van der Waals surface area contributed by atoms with Crippen molar-refractivity contribution >= 4 is 5.91 Å². The van der Waals surface area contributed by atoms with Crippen LogP contribution in [0.5, 0.6) is 0 Å². The number of aliphatic hydroxyl groups excluding tert-OH is 1. The summed E-state index contributed by atoms with van der Waals surface area (Å²) < 4.78 is 0. The number of pyridine rings is 1. The average Bonchev–Trinajstić information content (AvgIpc) is 2.72. The van der Waals surface area contributed by atoms with Crippen molar-refractivity contribution in [2.75, 3.05) is 13.6 Å². The summed E-state index contributed by atoms with van der Waals surface area (Å²) >= 11 is 0. The lowest BCUT2D eigenvalue weighted by Gasteiger charge is -2.38. The molecule has 1 unspecified atom stereocenters. The average molecular weight is 289 g/mol. The van der Waals surface area contributed by atoms with E-state index in [0.29, 0.717) is 6.54 Å². The first-order valence-electron chi connectivity index (χ1n) is 7.70. The van der Waals surface area contributed by atoms with Gasteiger partial charge in [0, 0.05) is 31.0 Å². The molecular weight excluding hydrogens is 266 g/mol. The topological polar surface area (TPSA) is 56.7 Å². The Morgan fingerprint density at radius 2 is 2.14 bits per heavy atom. The van der Waals surface area contributed by atoms with Gasteiger partial charge in [0.05, 0.1) is 12.6 Å². The highest BCUT2D eigenvalue weighted by Crippen LogP contribution is 2.35. The Labute approximate surface area is 125 Å². The largest absolute Gasteiger partial charge is 0.393 e. The van der Waals surface area contributed by atoms with Gasteiger partial charge in [0.2, 0.25) is 5.91 Å². The predicted octanol–water partition coefficient (Wildman–Crippen LogP) is 1.03. The van der Waals surface area contributed by atoms with Crippen molar-refractivity contribution in [1.82, 2.24) is 14.8 Å². The minimum absolute atomic E-state index is 0.195. The molecule has 1 amide bonds. The van der Waals surface area contributed by atoms with E-state index >= 15 is 0 Å². The SMILES string of the molecule is CN(CC(=O)N1[C@@H]2CC[C@H]1CC(O)C2)Cc1cccnc1. The van der Waals surface area contributed by atoms with Crippen LogP contribution in [0.25, 0.3) is 0 Å². The van der Waals surface area contributed by atoms with Crippen LogP contribution in [-0.2, 0) is 11.3 Å². The number of hydrogen-bond donors (Lipinski definition) is 1. The molecule has 1 aromatic heterocycles. The Kier molecular flexibility index (Phi) is 4.22. The van der Waals surface area contributed by atoms with Gasteiger partial charge in [-0.15, -0.1) is 0 Å². The van der Waals surface area contributed by atoms with Gasteiger partial charge in [0.15, 0.2) is 0 Å². The molecule has 2 fully saturated rings. The van der Waals surface area contributed by atoms with Gasteiger partial charge in [-0.3, -0.25) is 14.7 Å². The third-order valence-electron chi connectivity index (χ3n) is 4.58. The lowest BCUT2D eigenvalue weighted by molar-refractivity contribution is -0.138. The molecule has 5 heteroatoms. The molecule has 21 heavy (non-hydrogen) atoms. The normalized spacial score (nSPS) is 28.1. The van der Waals surface area contributed by atoms with Gasteiger partial charge in [-0.05, 0) is 44.4 Å². The number of piperidine rings is 1. The maximum Gasteiger partial charge on any atom is 0.237 e. The van der Waals surface area contributed by atoms with Crippen molar-refractivity contribution in [1.29, 1.82) is 0 Å². The molecular formula is C16H23N3O2. The molecule has 114 valence electrons. The van der Waals surface area contributed by atoms with Crippen molar-refractivity contribution < 1.29 is 9.90 Å². The summed E-state index contributed by atoms with van der Waals surface area (Å²) in [6.45, 7) is 1.16. The number of amides is 1. The first-order chi connectivity index (χ1) is 10.1. The van der Waals surface area contributed by atoms with E-state index in [-0.39, 0.29) is 24.1 Å². The number of nitrogens with zero attached hydrogens (tertiary/aromatic N) is 3. The molecule has 3 heterocycles. The smallest absolute Gasteiger partial charge is 0.237 e. The van der Waals surface area contributed by atoms with Gasteiger partial charge in [0.1, 0.15) is 0 Å². The summed E-state index contributed by atoms with van der Waals surface area (Å²) in [7, 11) is 1.96. The second-order valence-electron chi connectivity index (χ2n) is 6.34. The number of rotatable bonds is 4. The van der Waals surface area contributed by atoms with E-state index < -0.39 is 0 Å². The quantitative estimate of drug-likeness (QED) is 0.899. The Morgan fingerprint density at radius 1 is 1.43 bits per heavy atom. The van der Waals surface area contributed by atoms with E-state index in [1.807, 2.05) is 35.2 Å². The number of aromatic nitrogens is 1. The Balaban J connectivity index is 1.57. The third-order valence-corrected chi connectivity index (χ3v) is 4.58. The lowest BCUT2D eigenvalue weighted by atomic mass is 10.00. The summed E-state index contributed by atoms with van der Waals surface area (Å²) in [6.07, 6.45) is 6.94. The third kappa shape index (κ3) is 3.24. The van der Waals surface area contributed by atoms with Crippen LogP contribution in [0.15, 0.2) is 24.5 Å². The summed E-state index contributed by atoms with van der Waals surface area (Å²) in [5.74, 6) is 0.195. The molecule has 0 radical (unpaired) electrons. The molecule has 2 aliphatic heterocycles. The standard InChI is InChI=1S/C16H23N3O2/c1-18(10-12-3-2-6-17-9-12)11-16(21)19-13-4-5-14(19)8-15(20)7-13/h2-3,6,9,13-15,20H,4-5,7-8,10-11H2,1H3/t13-,14+,15?. The van der Waals surface area contributed by atoms with Gasteiger partial charge in [-0.25, -0.2) is 0 Å². The second kappa shape index (κ2) is 6.12. The van der Waals surface area contributed by atoms with Crippen LogP contribution < -0.4 is 0 Å². The molecule has 0 aliphatic carbocycles. The predicted molar refractivity (Wildman–Crippen MR) is 79.5 cm³/mol. The molecule has 2 aliphatic rings. The van der Waals surface area contributed by atoms with Gasteiger partial charge in [-0.2, -0.15) is 0 Å². The fourth-order valence-electron chi connectivity index (χ4n) is 3.73. The minimum atomic E-state index is -0.223. The number of hydrogen-bond acceptors (Lipinski definition) is 4. The van der Waals surface area contributed by atoms with Crippen LogP contribution in [-0.4, -0.2) is 57.6 Å². The number of carbonyl (C=O) groups excluding carboxylic acids is 1. The van der Waals surface area contributed by atoms with E-state index in [1.54, 1.807) is 6.20 Å². The number of fused-ring (bicyclic) bond motifs is 2. The van der Waals surface area contributed by atoms with Crippen molar-refractivity contribution in [3.63, 3.8) is 0 Å². The fraction of sp³-hybridized carbons (Fsp3) is 0.625. The molecule has 2 bridgehead atoms. The molecule has 1 aromatic rings. The maximum absolute atomic E-state index is 12.6. The van der Waals surface area contributed by atoms with E-state index in [1.165, 1.54) is 0 Å². The summed E-state index contributed by atoms with van der Waals surface area (Å²) in [6, 6.07) is 4.43.